The fraction of sp³-hybridized carbons (Fsp3) is 0.556. The lowest BCUT2D eigenvalue weighted by Crippen LogP contribution is -2.48. The zero-order valence-corrected chi connectivity index (χ0v) is 43.0. The van der Waals surface area contributed by atoms with Crippen LogP contribution in [0.15, 0.2) is 97.1 Å². The Bertz CT molecular complexity index is 1660. The summed E-state index contributed by atoms with van der Waals surface area (Å²) in [7, 11) is -6.19. The minimum absolute atomic E-state index is 0.145. The minimum Gasteiger partial charge on any atom is -0.241 e. The molecule has 2 unspecified atom stereocenters. The van der Waals surface area contributed by atoms with Crippen LogP contribution in [0.2, 0.25) is 36.3 Å². The SMILES string of the molecule is CCCC[Si](CCCC)(CCCC)c1ccc(P(c2ccccc2F)N(C2CCCCC2)P(c2ccc([Si](CCCC)(CCCC)CCCC)cc2)c2ccccc2F)cc1. The molecule has 7 heteroatoms. The van der Waals surface area contributed by atoms with E-state index in [4.69, 9.17) is 0 Å². The van der Waals surface area contributed by atoms with Crippen LogP contribution in [0.1, 0.15) is 151 Å². The standard InChI is InChI=1S/C54H81F2NP2Si2/c1-7-13-40-60(41-14-8-2,42-15-9-3)49-36-32-47(33-37-49)58(53-30-24-22-28-51(53)55)57(46-26-20-19-21-27-46)59(54-31-25-23-29-52(54)56)48-34-38-50(39-35-48)61(43-16-10-4,44-17-11-5)45-18-12-6/h22-25,28-39,46H,7-21,26-27,40-45H2,1-6H3. The molecule has 1 fully saturated rings. The molecule has 0 N–H and O–H groups in total. The van der Waals surface area contributed by atoms with E-state index in [9.17, 15) is 0 Å². The van der Waals surface area contributed by atoms with Crippen molar-refractivity contribution in [2.75, 3.05) is 0 Å². The number of benzene rings is 4. The molecule has 0 aliphatic heterocycles. The Hall–Kier alpha value is -2.01. The molecular formula is C54H81F2NP2Si2. The van der Waals surface area contributed by atoms with Gasteiger partial charge in [-0.15, -0.1) is 0 Å². The summed E-state index contributed by atoms with van der Waals surface area (Å²) in [5.74, 6) is -0.290. The molecule has 1 nitrogen and oxygen atoms in total. The van der Waals surface area contributed by atoms with E-state index in [0.717, 1.165) is 36.3 Å². The van der Waals surface area contributed by atoms with Crippen molar-refractivity contribution in [2.45, 2.75) is 193 Å². The zero-order chi connectivity index (χ0) is 43.5. The average molecular weight is 900 g/mol. The normalized spacial score (nSPS) is 15.0. The maximum absolute atomic E-state index is 16.7. The first-order valence-electron chi connectivity index (χ1n) is 24.9. The second-order valence-corrected chi connectivity index (χ2v) is 32.1. The van der Waals surface area contributed by atoms with Crippen molar-refractivity contribution < 1.29 is 8.78 Å². The van der Waals surface area contributed by atoms with Crippen LogP contribution in [0.5, 0.6) is 0 Å². The summed E-state index contributed by atoms with van der Waals surface area (Å²) in [6, 6.07) is 43.0. The van der Waals surface area contributed by atoms with Crippen LogP contribution in [0.4, 0.5) is 8.78 Å². The molecule has 0 saturated heterocycles. The number of rotatable bonds is 27. The molecule has 0 bridgehead atoms. The Kier molecular flexibility index (Phi) is 21.4. The van der Waals surface area contributed by atoms with Gasteiger partial charge in [-0.3, -0.25) is 0 Å². The number of halogens is 2. The molecule has 1 aliphatic carbocycles. The second kappa shape index (κ2) is 26.1. The largest absolute Gasteiger partial charge is 0.241 e. The summed E-state index contributed by atoms with van der Waals surface area (Å²) in [6.07, 6.45) is 20.8. The summed E-state index contributed by atoms with van der Waals surface area (Å²) >= 11 is 0. The van der Waals surface area contributed by atoms with Gasteiger partial charge in [0.2, 0.25) is 0 Å². The van der Waals surface area contributed by atoms with Crippen molar-refractivity contribution in [1.82, 2.24) is 4.44 Å². The third-order valence-corrected chi connectivity index (χ3v) is 30.7. The molecule has 0 heterocycles. The topological polar surface area (TPSA) is 3.24 Å². The van der Waals surface area contributed by atoms with E-state index >= 15 is 8.78 Å². The van der Waals surface area contributed by atoms with E-state index in [1.165, 1.54) is 130 Å². The Morgan fingerprint density at radius 2 is 0.754 bits per heavy atom. The monoisotopic (exact) mass is 900 g/mol. The molecule has 1 aliphatic rings. The molecule has 0 radical (unpaired) electrons. The van der Waals surface area contributed by atoms with Gasteiger partial charge in [-0.2, -0.15) is 0 Å². The molecular weight excluding hydrogens is 819 g/mol. The number of hydrogen-bond acceptors (Lipinski definition) is 1. The van der Waals surface area contributed by atoms with Crippen LogP contribution in [0.3, 0.4) is 0 Å². The fourth-order valence-electron chi connectivity index (χ4n) is 10.3. The predicted molar refractivity (Wildman–Crippen MR) is 276 cm³/mol. The van der Waals surface area contributed by atoms with Gasteiger partial charge in [-0.05, 0) is 47.7 Å². The average Bonchev–Trinajstić information content (AvgIpc) is 3.30. The van der Waals surface area contributed by atoms with Crippen LogP contribution in [-0.4, -0.2) is 26.6 Å². The quantitative estimate of drug-likeness (QED) is 0.0426. The van der Waals surface area contributed by atoms with Gasteiger partial charge in [0.1, 0.15) is 11.6 Å². The lowest BCUT2D eigenvalue weighted by atomic mass is 9.96. The van der Waals surface area contributed by atoms with E-state index in [0.29, 0.717) is 0 Å². The number of nitrogens with zero attached hydrogens (tertiary/aromatic N) is 1. The van der Waals surface area contributed by atoms with Gasteiger partial charge in [0, 0.05) is 32.8 Å². The maximum Gasteiger partial charge on any atom is 0.132 e. The van der Waals surface area contributed by atoms with Crippen molar-refractivity contribution in [2.24, 2.45) is 0 Å². The lowest BCUT2D eigenvalue weighted by molar-refractivity contribution is 0.355. The van der Waals surface area contributed by atoms with Crippen molar-refractivity contribution in [3.63, 3.8) is 0 Å². The molecule has 2 atom stereocenters. The van der Waals surface area contributed by atoms with Gasteiger partial charge in [0.05, 0.1) is 16.1 Å². The molecule has 4 aromatic carbocycles. The molecule has 334 valence electrons. The zero-order valence-electron chi connectivity index (χ0n) is 39.2. The first kappa shape index (κ1) is 50.0. The van der Waals surface area contributed by atoms with E-state index in [2.05, 4.69) is 94.5 Å². The third-order valence-electron chi connectivity index (χ3n) is 14.0. The molecule has 61 heavy (non-hydrogen) atoms. The lowest BCUT2D eigenvalue weighted by Gasteiger charge is -2.45. The van der Waals surface area contributed by atoms with E-state index in [1.54, 1.807) is 22.5 Å². The highest BCUT2D eigenvalue weighted by Gasteiger charge is 2.41. The maximum atomic E-state index is 16.7. The molecule has 0 spiro atoms. The van der Waals surface area contributed by atoms with Crippen LogP contribution in [0.25, 0.3) is 0 Å². The Balaban J connectivity index is 1.73. The summed E-state index contributed by atoms with van der Waals surface area (Å²) in [5, 5.41) is 7.12. The molecule has 4 aromatic rings. The summed E-state index contributed by atoms with van der Waals surface area (Å²) in [4.78, 5) is 0. The highest BCUT2D eigenvalue weighted by Crippen LogP contribution is 2.58. The Morgan fingerprint density at radius 3 is 1.05 bits per heavy atom. The van der Waals surface area contributed by atoms with Crippen LogP contribution in [0, 0.1) is 11.6 Å². The van der Waals surface area contributed by atoms with Gasteiger partial charge < -0.3 is 0 Å². The van der Waals surface area contributed by atoms with Gasteiger partial charge in [0.25, 0.3) is 0 Å². The van der Waals surface area contributed by atoms with Crippen molar-refractivity contribution in [1.29, 1.82) is 0 Å². The fourth-order valence-corrected chi connectivity index (χ4v) is 27.9. The number of unbranched alkanes of at least 4 members (excludes halogenated alkanes) is 6. The van der Waals surface area contributed by atoms with Crippen LogP contribution < -0.4 is 31.6 Å². The van der Waals surface area contributed by atoms with E-state index in [-0.39, 0.29) is 17.7 Å². The molecule has 1 saturated carbocycles. The van der Waals surface area contributed by atoms with Crippen LogP contribution >= 0.6 is 16.1 Å². The van der Waals surface area contributed by atoms with Gasteiger partial charge in [0.15, 0.2) is 0 Å². The minimum atomic E-state index is -1.75. The number of hydrogen-bond donors (Lipinski definition) is 0. The van der Waals surface area contributed by atoms with Crippen molar-refractivity contribution in [3.05, 3.63) is 109 Å². The second-order valence-electron chi connectivity index (χ2n) is 18.4. The van der Waals surface area contributed by atoms with Gasteiger partial charge >= 0.3 is 0 Å². The highest BCUT2D eigenvalue weighted by atomic mass is 31.2. The van der Waals surface area contributed by atoms with Crippen LogP contribution in [-0.2, 0) is 0 Å². The Morgan fingerprint density at radius 1 is 0.443 bits per heavy atom. The first-order chi connectivity index (χ1) is 29.8. The van der Waals surface area contributed by atoms with Gasteiger partial charge in [-0.25, -0.2) is 13.2 Å². The summed E-state index contributed by atoms with van der Waals surface area (Å²) in [5.41, 5.74) is 0. The molecule has 5 rings (SSSR count). The third kappa shape index (κ3) is 13.1. The van der Waals surface area contributed by atoms with Crippen molar-refractivity contribution >= 4 is 63.9 Å². The van der Waals surface area contributed by atoms with Crippen molar-refractivity contribution in [3.8, 4) is 0 Å². The van der Waals surface area contributed by atoms with Gasteiger partial charge in [-0.1, -0.05) is 257 Å². The summed E-state index contributed by atoms with van der Waals surface area (Å²) in [6.45, 7) is 14.1. The first-order valence-corrected chi connectivity index (χ1v) is 32.7. The summed E-state index contributed by atoms with van der Waals surface area (Å²) < 4.78 is 36.1. The highest BCUT2D eigenvalue weighted by molar-refractivity contribution is 7.84. The predicted octanol–water partition coefficient (Wildman–Crippen LogP) is 15.1. The van der Waals surface area contributed by atoms with E-state index < -0.39 is 32.3 Å². The van der Waals surface area contributed by atoms with E-state index in [1.807, 2.05) is 36.4 Å². The smallest absolute Gasteiger partial charge is 0.132 e. The molecule has 0 amide bonds. The Labute approximate surface area is 377 Å². The molecule has 0 aromatic heterocycles.